The summed E-state index contributed by atoms with van der Waals surface area (Å²) in [6, 6.07) is 11.5. The fourth-order valence-electron chi connectivity index (χ4n) is 5.08. The molecule has 0 bridgehead atoms. The summed E-state index contributed by atoms with van der Waals surface area (Å²) in [5.41, 5.74) is 2.31. The smallest absolute Gasteiger partial charge is 0.321 e. The Morgan fingerprint density at radius 3 is 2.64 bits per heavy atom. The van der Waals surface area contributed by atoms with E-state index in [1.165, 1.54) is 0 Å². The fourth-order valence-corrected chi connectivity index (χ4v) is 5.08. The third-order valence-electron chi connectivity index (χ3n) is 7.42. The summed E-state index contributed by atoms with van der Waals surface area (Å²) >= 11 is 0. The number of hydrogen-bond donors (Lipinski definition) is 2. The highest BCUT2D eigenvalue weighted by molar-refractivity contribution is 5.95. The topological polar surface area (TPSA) is 113 Å². The molecule has 238 valence electrons. The van der Waals surface area contributed by atoms with Crippen LogP contribution in [0.4, 0.5) is 8.78 Å². The summed E-state index contributed by atoms with van der Waals surface area (Å²) in [6.45, 7) is 9.86. The number of hydrogen-bond acceptors (Lipinski definition) is 7. The Hall–Kier alpha value is -4.71. The molecule has 10 nitrogen and oxygen atoms in total. The highest BCUT2D eigenvalue weighted by atomic mass is 19.3. The molecular weight excluding hydrogens is 586 g/mol. The average Bonchev–Trinajstić information content (AvgIpc) is 3.69. The molecule has 0 radical (unpaired) electrons. The van der Waals surface area contributed by atoms with E-state index in [9.17, 15) is 18.4 Å². The molecule has 3 aromatic rings. The van der Waals surface area contributed by atoms with E-state index in [2.05, 4.69) is 22.3 Å². The van der Waals surface area contributed by atoms with Crippen molar-refractivity contribution < 1.29 is 37.3 Å². The molecule has 2 fully saturated rings. The zero-order valence-corrected chi connectivity index (χ0v) is 25.3. The van der Waals surface area contributed by atoms with Gasteiger partial charge in [0.15, 0.2) is 11.5 Å². The van der Waals surface area contributed by atoms with Gasteiger partial charge in [-0.1, -0.05) is 12.6 Å². The van der Waals surface area contributed by atoms with E-state index in [4.69, 9.17) is 18.9 Å². The van der Waals surface area contributed by atoms with Crippen LogP contribution in [0.15, 0.2) is 84.5 Å². The van der Waals surface area contributed by atoms with Crippen LogP contribution in [-0.4, -0.2) is 72.1 Å². The minimum atomic E-state index is -3.58. The highest BCUT2D eigenvalue weighted by Gasteiger charge is 2.35. The first-order valence-electron chi connectivity index (χ1n) is 14.7. The molecule has 0 saturated carbocycles. The molecule has 1 aromatic heterocycles. The Morgan fingerprint density at radius 1 is 1.16 bits per heavy atom. The Bertz CT molecular complexity index is 1640. The second kappa shape index (κ2) is 13.5. The van der Waals surface area contributed by atoms with Crippen LogP contribution in [0.5, 0.6) is 5.75 Å². The number of rotatable bonds is 10. The van der Waals surface area contributed by atoms with E-state index in [1.807, 2.05) is 6.07 Å². The van der Waals surface area contributed by atoms with Crippen molar-refractivity contribution >= 4 is 22.7 Å². The number of allylic oxidation sites excluding steroid dienone is 1. The number of carbonyl (C=O) groups is 2. The standard InChI is InChI=1S/C33H36F2N4O6/c1-5-28-29(44-14-13-43-28)15-20(2)30(21(3)37-32(41)33(4,34)35)45-26-9-10-27-23(17-26)18-36-39(27)25-8-6-7-22(16-25)31(40)38-24-11-12-42-19-24/h5-10,15-18,21,24,30H,2,11-14,19H2,1,3-4H3,(H,37,41)(H,38,40)/b28-5+,29-15+/t21-,24?,30+/m0/s1. The third-order valence-corrected chi connectivity index (χ3v) is 7.42. The van der Waals surface area contributed by atoms with Crippen LogP contribution in [0, 0.1) is 0 Å². The summed E-state index contributed by atoms with van der Waals surface area (Å²) in [5, 5.41) is 10.6. The van der Waals surface area contributed by atoms with Gasteiger partial charge in [-0.2, -0.15) is 13.9 Å². The molecule has 0 aliphatic carbocycles. The largest absolute Gasteiger partial charge is 0.486 e. The second-order valence-electron chi connectivity index (χ2n) is 11.0. The zero-order valence-electron chi connectivity index (χ0n) is 25.3. The van der Waals surface area contributed by atoms with E-state index in [1.54, 1.807) is 73.3 Å². The van der Waals surface area contributed by atoms with Gasteiger partial charge in [0, 0.05) is 24.5 Å². The number of amides is 2. The number of benzene rings is 2. The van der Waals surface area contributed by atoms with Crippen molar-refractivity contribution in [2.75, 3.05) is 26.4 Å². The van der Waals surface area contributed by atoms with Crippen LogP contribution in [0.25, 0.3) is 16.6 Å². The van der Waals surface area contributed by atoms with E-state index < -0.39 is 24.0 Å². The second-order valence-corrected chi connectivity index (χ2v) is 11.0. The quantitative estimate of drug-likeness (QED) is 0.333. The van der Waals surface area contributed by atoms with Crippen molar-refractivity contribution in [1.82, 2.24) is 20.4 Å². The number of halogens is 2. The van der Waals surface area contributed by atoms with Gasteiger partial charge in [0.25, 0.3) is 11.8 Å². The molecule has 1 unspecified atom stereocenters. The van der Waals surface area contributed by atoms with Gasteiger partial charge in [-0.15, -0.1) is 0 Å². The van der Waals surface area contributed by atoms with Gasteiger partial charge in [-0.25, -0.2) is 4.68 Å². The lowest BCUT2D eigenvalue weighted by molar-refractivity contribution is -0.144. The Labute approximate surface area is 259 Å². The lowest BCUT2D eigenvalue weighted by atomic mass is 10.0. The summed E-state index contributed by atoms with van der Waals surface area (Å²) < 4.78 is 52.2. The summed E-state index contributed by atoms with van der Waals surface area (Å²) in [7, 11) is 0. The SMILES string of the molecule is C=C(/C=C1/OCCO/C1=C/C)[C@@H](Oc1ccc2c(cnn2-c2cccc(C(=O)NC3CCOC3)c2)c1)[C@H](C)NC(=O)C(C)(F)F. The maximum Gasteiger partial charge on any atom is 0.321 e. The Morgan fingerprint density at radius 2 is 1.93 bits per heavy atom. The number of nitrogens with one attached hydrogen (secondary N) is 2. The maximum atomic E-state index is 13.7. The molecular formula is C33H36F2N4O6. The molecule has 2 aliphatic heterocycles. The van der Waals surface area contributed by atoms with Crippen LogP contribution in [-0.2, 0) is 19.0 Å². The molecule has 2 N–H and O–H groups in total. The van der Waals surface area contributed by atoms with E-state index >= 15 is 0 Å². The minimum absolute atomic E-state index is 0.00982. The van der Waals surface area contributed by atoms with Gasteiger partial charge in [0.1, 0.15) is 25.1 Å². The third kappa shape index (κ3) is 7.51. The summed E-state index contributed by atoms with van der Waals surface area (Å²) in [6.07, 6.45) is 4.85. The number of aromatic nitrogens is 2. The normalized spacial score (nSPS) is 19.9. The molecule has 3 heterocycles. The van der Waals surface area contributed by atoms with Crippen LogP contribution < -0.4 is 15.4 Å². The summed E-state index contributed by atoms with van der Waals surface area (Å²) in [4.78, 5) is 25.0. The van der Waals surface area contributed by atoms with Crippen LogP contribution in [0.3, 0.4) is 0 Å². The molecule has 2 aliphatic rings. The van der Waals surface area contributed by atoms with Crippen molar-refractivity contribution in [1.29, 1.82) is 0 Å². The Balaban J connectivity index is 1.39. The van der Waals surface area contributed by atoms with Gasteiger partial charge in [0.2, 0.25) is 0 Å². The van der Waals surface area contributed by atoms with Crippen LogP contribution >= 0.6 is 0 Å². The van der Waals surface area contributed by atoms with Gasteiger partial charge in [-0.3, -0.25) is 9.59 Å². The first-order chi connectivity index (χ1) is 21.5. The van der Waals surface area contributed by atoms with Gasteiger partial charge in [0.05, 0.1) is 36.1 Å². The predicted octanol–water partition coefficient (Wildman–Crippen LogP) is 4.84. The molecule has 2 aromatic carbocycles. The van der Waals surface area contributed by atoms with Crippen molar-refractivity contribution in [2.45, 2.75) is 51.3 Å². The molecule has 3 atom stereocenters. The van der Waals surface area contributed by atoms with Crippen molar-refractivity contribution in [3.05, 3.63) is 90.0 Å². The van der Waals surface area contributed by atoms with Gasteiger partial charge < -0.3 is 29.6 Å². The average molecular weight is 623 g/mol. The maximum absolute atomic E-state index is 13.7. The molecule has 2 saturated heterocycles. The predicted molar refractivity (Wildman–Crippen MR) is 163 cm³/mol. The van der Waals surface area contributed by atoms with E-state index in [-0.39, 0.29) is 11.9 Å². The first-order valence-corrected chi connectivity index (χ1v) is 14.7. The minimum Gasteiger partial charge on any atom is -0.486 e. The summed E-state index contributed by atoms with van der Waals surface area (Å²) in [5.74, 6) is -3.86. The molecule has 45 heavy (non-hydrogen) atoms. The number of alkyl halides is 2. The highest BCUT2D eigenvalue weighted by Crippen LogP contribution is 2.28. The van der Waals surface area contributed by atoms with Crippen molar-refractivity contribution in [3.63, 3.8) is 0 Å². The van der Waals surface area contributed by atoms with Gasteiger partial charge >= 0.3 is 5.92 Å². The van der Waals surface area contributed by atoms with Crippen LogP contribution in [0.2, 0.25) is 0 Å². The molecule has 5 rings (SSSR count). The number of carbonyl (C=O) groups excluding carboxylic acids is 2. The molecule has 12 heteroatoms. The number of nitrogens with zero attached hydrogens (tertiary/aromatic N) is 2. The molecule has 0 spiro atoms. The Kier molecular flexibility index (Phi) is 9.52. The van der Waals surface area contributed by atoms with Crippen LogP contribution in [0.1, 0.15) is 37.6 Å². The first kappa shape index (κ1) is 31.7. The van der Waals surface area contributed by atoms with Crippen molar-refractivity contribution in [2.24, 2.45) is 0 Å². The van der Waals surface area contributed by atoms with E-state index in [0.717, 1.165) is 17.3 Å². The lowest BCUT2D eigenvalue weighted by Crippen LogP contribution is -2.49. The zero-order chi connectivity index (χ0) is 32.1. The van der Waals surface area contributed by atoms with E-state index in [0.29, 0.717) is 67.4 Å². The lowest BCUT2D eigenvalue weighted by Gasteiger charge is -2.28. The fraction of sp³-hybridized carbons (Fsp3) is 0.364. The van der Waals surface area contributed by atoms with Gasteiger partial charge in [-0.05, 0) is 74.4 Å². The number of fused-ring (bicyclic) bond motifs is 1. The van der Waals surface area contributed by atoms with Crippen molar-refractivity contribution in [3.8, 4) is 11.4 Å². The number of ether oxygens (including phenoxy) is 4. The monoisotopic (exact) mass is 622 g/mol. The molecule has 2 amide bonds.